The van der Waals surface area contributed by atoms with E-state index in [9.17, 15) is 0 Å². The lowest BCUT2D eigenvalue weighted by atomic mass is 10.1. The average Bonchev–Trinajstić information content (AvgIpc) is 2.37. The number of hydrogen-bond acceptors (Lipinski definition) is 3. The number of nitrogens with zero attached hydrogens (tertiary/aromatic N) is 2. The molecule has 0 fully saturated rings. The Hall–Kier alpha value is -0.830. The van der Waals surface area contributed by atoms with Gasteiger partial charge in [-0.1, -0.05) is 50.6 Å². The number of rotatable bonds is 8. The zero-order valence-corrected chi connectivity index (χ0v) is 12.4. The third kappa shape index (κ3) is 4.81. The van der Waals surface area contributed by atoms with Crippen LogP contribution in [0, 0.1) is 13.8 Å². The van der Waals surface area contributed by atoms with Crippen LogP contribution in [0.5, 0.6) is 5.88 Å². The molecule has 4 heteroatoms. The second-order valence-electron chi connectivity index (χ2n) is 4.66. The maximum atomic E-state index is 5.89. The van der Waals surface area contributed by atoms with Crippen LogP contribution in [-0.2, 0) is 0 Å². The van der Waals surface area contributed by atoms with Gasteiger partial charge in [-0.25, -0.2) is 0 Å². The first-order valence-electron chi connectivity index (χ1n) is 6.79. The molecule has 0 bridgehead atoms. The molecular weight excluding hydrogens is 248 g/mol. The minimum atomic E-state index is 0.458. The molecule has 0 saturated carbocycles. The zero-order chi connectivity index (χ0) is 13.4. The Kier molecular flexibility index (Phi) is 7.02. The van der Waals surface area contributed by atoms with E-state index in [4.69, 9.17) is 16.3 Å². The largest absolute Gasteiger partial charge is 0.476 e. The van der Waals surface area contributed by atoms with E-state index in [0.29, 0.717) is 17.6 Å². The lowest BCUT2D eigenvalue weighted by Crippen LogP contribution is -2.03. The fourth-order valence-corrected chi connectivity index (χ4v) is 1.92. The second-order valence-corrected chi connectivity index (χ2v) is 5.02. The van der Waals surface area contributed by atoms with E-state index in [-0.39, 0.29) is 0 Å². The van der Waals surface area contributed by atoms with E-state index < -0.39 is 0 Å². The average molecular weight is 271 g/mol. The highest BCUT2D eigenvalue weighted by molar-refractivity contribution is 6.30. The van der Waals surface area contributed by atoms with Gasteiger partial charge in [0.1, 0.15) is 0 Å². The summed E-state index contributed by atoms with van der Waals surface area (Å²) in [4.78, 5) is 0. The first-order chi connectivity index (χ1) is 8.66. The quantitative estimate of drug-likeness (QED) is 0.653. The van der Waals surface area contributed by atoms with Crippen LogP contribution in [0.2, 0.25) is 5.15 Å². The molecule has 0 atom stereocenters. The molecule has 0 N–H and O–H groups in total. The highest BCUT2D eigenvalue weighted by atomic mass is 35.5. The van der Waals surface area contributed by atoms with Gasteiger partial charge in [-0.3, -0.25) is 0 Å². The third-order valence-electron chi connectivity index (χ3n) is 3.16. The van der Waals surface area contributed by atoms with Gasteiger partial charge in [-0.05, 0) is 25.8 Å². The standard InChI is InChI=1S/C14H23ClN2O/c1-4-5-6-7-8-9-10-18-14-12(3)11(2)13(15)16-17-14/h4-10H2,1-3H3. The molecule has 0 radical (unpaired) electrons. The van der Waals surface area contributed by atoms with Gasteiger partial charge in [0.25, 0.3) is 0 Å². The Morgan fingerprint density at radius 3 is 2.33 bits per heavy atom. The van der Waals surface area contributed by atoms with Crippen LogP contribution in [0.3, 0.4) is 0 Å². The van der Waals surface area contributed by atoms with Crippen LogP contribution in [-0.4, -0.2) is 16.8 Å². The van der Waals surface area contributed by atoms with Crippen molar-refractivity contribution in [3.05, 3.63) is 16.3 Å². The zero-order valence-electron chi connectivity index (χ0n) is 11.6. The van der Waals surface area contributed by atoms with Crippen molar-refractivity contribution < 1.29 is 4.74 Å². The smallest absolute Gasteiger partial charge is 0.236 e. The third-order valence-corrected chi connectivity index (χ3v) is 3.52. The first kappa shape index (κ1) is 15.2. The van der Waals surface area contributed by atoms with Crippen molar-refractivity contribution in [1.29, 1.82) is 0 Å². The van der Waals surface area contributed by atoms with Gasteiger partial charge in [0.05, 0.1) is 6.61 Å². The fraction of sp³-hybridized carbons (Fsp3) is 0.714. The van der Waals surface area contributed by atoms with Crippen LogP contribution in [0.1, 0.15) is 56.6 Å². The lowest BCUT2D eigenvalue weighted by molar-refractivity contribution is 0.287. The number of halogens is 1. The van der Waals surface area contributed by atoms with Crippen LogP contribution in [0.15, 0.2) is 0 Å². The Labute approximate surface area is 115 Å². The second kappa shape index (κ2) is 8.30. The summed E-state index contributed by atoms with van der Waals surface area (Å²) in [6.07, 6.45) is 7.54. The van der Waals surface area contributed by atoms with Crippen LogP contribution in [0.4, 0.5) is 0 Å². The van der Waals surface area contributed by atoms with Crippen molar-refractivity contribution in [2.45, 2.75) is 59.3 Å². The lowest BCUT2D eigenvalue weighted by Gasteiger charge is -2.09. The monoisotopic (exact) mass is 270 g/mol. The predicted octanol–water partition coefficient (Wildman–Crippen LogP) is 4.49. The molecule has 3 nitrogen and oxygen atoms in total. The molecule has 1 rings (SSSR count). The van der Waals surface area contributed by atoms with Crippen molar-refractivity contribution >= 4 is 11.6 Å². The molecule has 0 spiro atoms. The summed E-state index contributed by atoms with van der Waals surface area (Å²) in [7, 11) is 0. The molecule has 0 amide bonds. The summed E-state index contributed by atoms with van der Waals surface area (Å²) >= 11 is 5.89. The van der Waals surface area contributed by atoms with Crippen molar-refractivity contribution in [2.75, 3.05) is 6.61 Å². The summed E-state index contributed by atoms with van der Waals surface area (Å²) in [5.41, 5.74) is 1.94. The molecule has 0 aromatic carbocycles. The van der Waals surface area contributed by atoms with Crippen molar-refractivity contribution in [3.63, 3.8) is 0 Å². The molecule has 18 heavy (non-hydrogen) atoms. The molecule has 0 aliphatic carbocycles. The molecule has 0 unspecified atom stereocenters. The molecule has 1 aromatic heterocycles. The van der Waals surface area contributed by atoms with E-state index in [1.54, 1.807) is 0 Å². The molecule has 1 heterocycles. The van der Waals surface area contributed by atoms with Gasteiger partial charge in [0, 0.05) is 5.56 Å². The topological polar surface area (TPSA) is 35.0 Å². The summed E-state index contributed by atoms with van der Waals surface area (Å²) in [5.74, 6) is 0.616. The van der Waals surface area contributed by atoms with E-state index in [2.05, 4.69) is 17.1 Å². The summed E-state index contributed by atoms with van der Waals surface area (Å²) in [6, 6.07) is 0. The van der Waals surface area contributed by atoms with Crippen LogP contribution in [0.25, 0.3) is 0 Å². The van der Waals surface area contributed by atoms with E-state index in [0.717, 1.165) is 17.5 Å². The fourth-order valence-electron chi connectivity index (χ4n) is 1.74. The Balaban J connectivity index is 2.25. The Morgan fingerprint density at radius 2 is 1.61 bits per heavy atom. The van der Waals surface area contributed by atoms with Crippen LogP contribution < -0.4 is 4.74 Å². The minimum Gasteiger partial charge on any atom is -0.476 e. The van der Waals surface area contributed by atoms with Gasteiger partial charge in [0.2, 0.25) is 5.88 Å². The molecule has 0 aliphatic heterocycles. The van der Waals surface area contributed by atoms with Crippen LogP contribution >= 0.6 is 11.6 Å². The molecule has 102 valence electrons. The van der Waals surface area contributed by atoms with Gasteiger partial charge >= 0.3 is 0 Å². The Morgan fingerprint density at radius 1 is 0.944 bits per heavy atom. The number of aromatic nitrogens is 2. The maximum Gasteiger partial charge on any atom is 0.236 e. The molecule has 0 saturated heterocycles. The van der Waals surface area contributed by atoms with E-state index in [1.807, 2.05) is 13.8 Å². The molecule has 1 aromatic rings. The van der Waals surface area contributed by atoms with Crippen molar-refractivity contribution in [3.8, 4) is 5.88 Å². The maximum absolute atomic E-state index is 5.89. The number of unbranched alkanes of at least 4 members (excludes halogenated alkanes) is 5. The highest BCUT2D eigenvalue weighted by Gasteiger charge is 2.08. The highest BCUT2D eigenvalue weighted by Crippen LogP contribution is 2.22. The predicted molar refractivity (Wildman–Crippen MR) is 75.4 cm³/mol. The van der Waals surface area contributed by atoms with E-state index in [1.165, 1.54) is 32.1 Å². The SMILES string of the molecule is CCCCCCCCOc1nnc(Cl)c(C)c1C. The van der Waals surface area contributed by atoms with Crippen molar-refractivity contribution in [1.82, 2.24) is 10.2 Å². The minimum absolute atomic E-state index is 0.458. The summed E-state index contributed by atoms with van der Waals surface area (Å²) in [5, 5.41) is 8.31. The Bertz CT molecular complexity index is 369. The summed E-state index contributed by atoms with van der Waals surface area (Å²) < 4.78 is 5.65. The van der Waals surface area contributed by atoms with Gasteiger partial charge < -0.3 is 4.74 Å². The van der Waals surface area contributed by atoms with Crippen molar-refractivity contribution in [2.24, 2.45) is 0 Å². The van der Waals surface area contributed by atoms with E-state index >= 15 is 0 Å². The van der Waals surface area contributed by atoms with Gasteiger partial charge in [-0.15, -0.1) is 10.2 Å². The van der Waals surface area contributed by atoms with Gasteiger partial charge in [0.15, 0.2) is 5.15 Å². The molecular formula is C14H23ClN2O. The van der Waals surface area contributed by atoms with Gasteiger partial charge in [-0.2, -0.15) is 0 Å². The normalized spacial score (nSPS) is 10.7. The summed E-state index contributed by atoms with van der Waals surface area (Å²) in [6.45, 7) is 6.84. The number of hydrogen-bond donors (Lipinski definition) is 0. The molecule has 0 aliphatic rings. The number of ether oxygens (including phenoxy) is 1. The first-order valence-corrected chi connectivity index (χ1v) is 7.16.